The molecule has 2 aromatic carbocycles. The Labute approximate surface area is 106 Å². The van der Waals surface area contributed by atoms with E-state index in [4.69, 9.17) is 6.57 Å². The molecule has 2 nitrogen and oxygen atoms in total. The van der Waals surface area contributed by atoms with Gasteiger partial charge in [0, 0.05) is 17.4 Å². The van der Waals surface area contributed by atoms with Gasteiger partial charge in [0.25, 0.3) is 0 Å². The van der Waals surface area contributed by atoms with Gasteiger partial charge in [-0.05, 0) is 36.1 Å². The Balaban J connectivity index is 1.88. The van der Waals surface area contributed by atoms with Crippen LogP contribution >= 0.6 is 0 Å². The van der Waals surface area contributed by atoms with Crippen molar-refractivity contribution in [3.63, 3.8) is 0 Å². The number of benzene rings is 2. The highest BCUT2D eigenvalue weighted by molar-refractivity contribution is 5.78. The lowest BCUT2D eigenvalue weighted by Crippen LogP contribution is -2.22. The second-order valence-electron chi connectivity index (χ2n) is 4.99. The average molecular weight is 232 g/mol. The molecule has 0 amide bonds. The molecule has 0 N–H and O–H groups in total. The smallest absolute Gasteiger partial charge is 0.187 e. The van der Waals surface area contributed by atoms with Crippen LogP contribution in [0.1, 0.15) is 11.1 Å². The van der Waals surface area contributed by atoms with Gasteiger partial charge in [0.2, 0.25) is 0 Å². The summed E-state index contributed by atoms with van der Waals surface area (Å²) in [5.41, 5.74) is 6.16. The fourth-order valence-electron chi connectivity index (χ4n) is 3.24. The molecule has 1 unspecified atom stereocenters. The van der Waals surface area contributed by atoms with E-state index in [1.54, 1.807) is 0 Å². The quantitative estimate of drug-likeness (QED) is 0.626. The second kappa shape index (κ2) is 3.36. The molecule has 0 saturated heterocycles. The molecule has 0 spiro atoms. The van der Waals surface area contributed by atoms with Crippen LogP contribution in [-0.2, 0) is 12.8 Å². The Morgan fingerprint density at radius 2 is 1.78 bits per heavy atom. The highest BCUT2D eigenvalue weighted by Crippen LogP contribution is 2.46. The summed E-state index contributed by atoms with van der Waals surface area (Å²) >= 11 is 0. The molecular weight excluding hydrogens is 220 g/mol. The number of para-hydroxylation sites is 1. The third-order valence-corrected chi connectivity index (χ3v) is 3.98. The first-order valence-electron chi connectivity index (χ1n) is 6.24. The van der Waals surface area contributed by atoms with Gasteiger partial charge in [-0.15, -0.1) is 0 Å². The van der Waals surface area contributed by atoms with E-state index < -0.39 is 0 Å². The maximum atomic E-state index is 7.09. The van der Waals surface area contributed by atoms with Crippen LogP contribution in [-0.4, -0.2) is 6.04 Å². The number of anilines is 2. The zero-order valence-corrected chi connectivity index (χ0v) is 9.93. The topological polar surface area (TPSA) is 7.60 Å². The Kier molecular flexibility index (Phi) is 1.82. The normalized spacial score (nSPS) is 19.1. The molecule has 0 radical (unpaired) electrons. The molecule has 86 valence electrons. The van der Waals surface area contributed by atoms with Gasteiger partial charge in [0.15, 0.2) is 5.69 Å². The lowest BCUT2D eigenvalue weighted by atomic mass is 10.0. The minimum Gasteiger partial charge on any atom is -0.337 e. The second-order valence-corrected chi connectivity index (χ2v) is 4.99. The molecule has 2 heterocycles. The number of fused-ring (bicyclic) bond motifs is 5. The molecule has 0 aliphatic carbocycles. The maximum absolute atomic E-state index is 7.09. The lowest BCUT2D eigenvalue weighted by Gasteiger charge is -2.20. The van der Waals surface area contributed by atoms with Gasteiger partial charge in [-0.3, -0.25) is 0 Å². The van der Waals surface area contributed by atoms with Crippen LogP contribution < -0.4 is 4.90 Å². The Morgan fingerprint density at radius 3 is 2.67 bits per heavy atom. The van der Waals surface area contributed by atoms with Crippen LogP contribution in [0.4, 0.5) is 17.1 Å². The van der Waals surface area contributed by atoms with Gasteiger partial charge in [0.05, 0.1) is 6.57 Å². The van der Waals surface area contributed by atoms with Crippen molar-refractivity contribution in [3.05, 3.63) is 65.0 Å². The van der Waals surface area contributed by atoms with E-state index >= 15 is 0 Å². The molecule has 0 aromatic heterocycles. The summed E-state index contributed by atoms with van der Waals surface area (Å²) in [5.74, 6) is 0. The van der Waals surface area contributed by atoms with E-state index in [0.717, 1.165) is 18.5 Å². The molecule has 0 bridgehead atoms. The van der Waals surface area contributed by atoms with Crippen molar-refractivity contribution in [1.29, 1.82) is 0 Å². The summed E-state index contributed by atoms with van der Waals surface area (Å²) in [6.07, 6.45) is 2.19. The van der Waals surface area contributed by atoms with Crippen LogP contribution in [0.2, 0.25) is 0 Å². The zero-order chi connectivity index (χ0) is 12.1. The molecule has 2 aliphatic heterocycles. The van der Waals surface area contributed by atoms with Gasteiger partial charge in [-0.25, -0.2) is 4.85 Å². The maximum Gasteiger partial charge on any atom is 0.187 e. The number of nitrogens with zero attached hydrogens (tertiary/aromatic N) is 2. The van der Waals surface area contributed by atoms with Crippen molar-refractivity contribution in [3.8, 4) is 0 Å². The van der Waals surface area contributed by atoms with E-state index in [1.165, 1.54) is 22.5 Å². The minimum absolute atomic E-state index is 0.554. The standard InChI is InChI=1S/C16H12N2/c1-17-13-6-7-16-12(8-13)10-14-9-11-4-2-3-5-15(11)18(14)16/h2-8,14H,9-10H2. The predicted octanol–water partition coefficient (Wildman–Crippen LogP) is 3.86. The van der Waals surface area contributed by atoms with E-state index in [0.29, 0.717) is 6.04 Å². The van der Waals surface area contributed by atoms with Crippen molar-refractivity contribution in [1.82, 2.24) is 0 Å². The third-order valence-electron chi connectivity index (χ3n) is 3.98. The van der Waals surface area contributed by atoms with Crippen molar-refractivity contribution in [2.75, 3.05) is 4.90 Å². The summed E-state index contributed by atoms with van der Waals surface area (Å²) in [7, 11) is 0. The highest BCUT2D eigenvalue weighted by Gasteiger charge is 2.36. The number of hydrogen-bond donors (Lipinski definition) is 0. The molecule has 2 heteroatoms. The molecule has 4 rings (SSSR count). The fourth-order valence-corrected chi connectivity index (χ4v) is 3.24. The monoisotopic (exact) mass is 232 g/mol. The molecule has 18 heavy (non-hydrogen) atoms. The van der Waals surface area contributed by atoms with Crippen LogP contribution in [0.15, 0.2) is 42.5 Å². The Bertz CT molecular complexity index is 682. The van der Waals surface area contributed by atoms with Gasteiger partial charge in [-0.2, -0.15) is 0 Å². The first-order valence-corrected chi connectivity index (χ1v) is 6.24. The third kappa shape index (κ3) is 1.16. The van der Waals surface area contributed by atoms with E-state index in [2.05, 4.69) is 40.1 Å². The minimum atomic E-state index is 0.554. The Hall–Kier alpha value is -2.27. The summed E-state index contributed by atoms with van der Waals surface area (Å²) in [6.45, 7) is 7.09. The van der Waals surface area contributed by atoms with E-state index in [9.17, 15) is 0 Å². The van der Waals surface area contributed by atoms with Crippen molar-refractivity contribution in [2.45, 2.75) is 18.9 Å². The SMILES string of the molecule is [C-]#[N+]c1ccc2c(c1)CC1Cc3ccccc3N21. The molecule has 1 atom stereocenters. The van der Waals surface area contributed by atoms with Crippen LogP contribution in [0.5, 0.6) is 0 Å². The van der Waals surface area contributed by atoms with Gasteiger partial charge in [0.1, 0.15) is 0 Å². The highest BCUT2D eigenvalue weighted by atomic mass is 15.2. The fraction of sp³-hybridized carbons (Fsp3) is 0.188. The van der Waals surface area contributed by atoms with Gasteiger partial charge < -0.3 is 4.90 Å². The summed E-state index contributed by atoms with van der Waals surface area (Å²) in [4.78, 5) is 5.96. The summed E-state index contributed by atoms with van der Waals surface area (Å²) in [6, 6.07) is 15.3. The van der Waals surface area contributed by atoms with E-state index in [1.807, 2.05) is 12.1 Å². The average Bonchev–Trinajstić information content (AvgIpc) is 2.92. The lowest BCUT2D eigenvalue weighted by molar-refractivity contribution is 0.725. The van der Waals surface area contributed by atoms with Crippen molar-refractivity contribution < 1.29 is 0 Å². The molecule has 2 aromatic rings. The molecule has 2 aliphatic rings. The first kappa shape index (κ1) is 9.73. The van der Waals surface area contributed by atoms with Crippen molar-refractivity contribution in [2.24, 2.45) is 0 Å². The van der Waals surface area contributed by atoms with Crippen LogP contribution in [0, 0.1) is 6.57 Å². The number of rotatable bonds is 0. The van der Waals surface area contributed by atoms with Crippen molar-refractivity contribution >= 4 is 17.1 Å². The summed E-state index contributed by atoms with van der Waals surface area (Å²) in [5, 5.41) is 0. The largest absolute Gasteiger partial charge is 0.337 e. The summed E-state index contributed by atoms with van der Waals surface area (Å²) < 4.78 is 0. The van der Waals surface area contributed by atoms with E-state index in [-0.39, 0.29) is 0 Å². The zero-order valence-electron chi connectivity index (χ0n) is 9.93. The molecule has 0 saturated carbocycles. The van der Waals surface area contributed by atoms with Crippen LogP contribution in [0.3, 0.4) is 0 Å². The number of hydrogen-bond acceptors (Lipinski definition) is 1. The van der Waals surface area contributed by atoms with Gasteiger partial charge in [-0.1, -0.05) is 30.3 Å². The predicted molar refractivity (Wildman–Crippen MR) is 72.5 cm³/mol. The van der Waals surface area contributed by atoms with Crippen LogP contribution in [0.25, 0.3) is 4.85 Å². The Morgan fingerprint density at radius 1 is 1.00 bits per heavy atom. The van der Waals surface area contributed by atoms with Gasteiger partial charge >= 0.3 is 0 Å². The molecule has 0 fully saturated rings. The molecular formula is C16H12N2. The first-order chi connectivity index (χ1) is 8.86.